The molecule has 0 aromatic carbocycles. The number of imidazole rings is 1. The Morgan fingerprint density at radius 3 is 2.93 bits per heavy atom. The molecule has 0 atom stereocenters. The number of hydrogen-bond donors (Lipinski definition) is 0. The van der Waals surface area contributed by atoms with Crippen LogP contribution in [-0.4, -0.2) is 14.3 Å². The number of nitrogens with zero attached hydrogens (tertiary/aromatic N) is 3. The van der Waals surface area contributed by atoms with E-state index in [1.165, 1.54) is 0 Å². The van der Waals surface area contributed by atoms with E-state index in [-0.39, 0.29) is 5.82 Å². The summed E-state index contributed by atoms with van der Waals surface area (Å²) >= 11 is 3.35. The van der Waals surface area contributed by atoms with Gasteiger partial charge in [-0.1, -0.05) is 13.0 Å². The zero-order chi connectivity index (χ0) is 11.0. The van der Waals surface area contributed by atoms with E-state index in [4.69, 9.17) is 0 Å². The molecule has 0 saturated carbocycles. The molecule has 2 heterocycles. The maximum atomic E-state index is 10.8. The van der Waals surface area contributed by atoms with E-state index < -0.39 is 4.92 Å². The predicted molar refractivity (Wildman–Crippen MR) is 58.9 cm³/mol. The Labute approximate surface area is 94.0 Å². The standard InChI is InChI=1S/C9H8BrN3O2/c1-2-8-11-9(13(14)15)6-4-3-5-7(10)12(6)8/h3-5H,2H2,1H3. The molecular weight excluding hydrogens is 262 g/mol. The first-order valence-electron chi connectivity index (χ1n) is 4.45. The highest BCUT2D eigenvalue weighted by atomic mass is 79.9. The summed E-state index contributed by atoms with van der Waals surface area (Å²) in [5.74, 6) is 0.595. The molecule has 0 unspecified atom stereocenters. The number of hydrogen-bond acceptors (Lipinski definition) is 3. The SMILES string of the molecule is CCc1nc([N+](=O)[O-])c2cccc(Br)n12. The summed E-state index contributed by atoms with van der Waals surface area (Å²) < 4.78 is 2.52. The van der Waals surface area contributed by atoms with Crippen LogP contribution < -0.4 is 0 Å². The Kier molecular flexibility index (Phi) is 2.44. The van der Waals surface area contributed by atoms with Crippen molar-refractivity contribution in [1.82, 2.24) is 9.38 Å². The van der Waals surface area contributed by atoms with Crippen molar-refractivity contribution in [2.75, 3.05) is 0 Å². The summed E-state index contributed by atoms with van der Waals surface area (Å²) in [5.41, 5.74) is 0.520. The third-order valence-electron chi connectivity index (χ3n) is 2.15. The van der Waals surface area contributed by atoms with Gasteiger partial charge in [-0.2, -0.15) is 0 Å². The Bertz CT molecular complexity index is 535. The minimum absolute atomic E-state index is 0.0897. The van der Waals surface area contributed by atoms with Gasteiger partial charge in [-0.05, 0) is 38.0 Å². The van der Waals surface area contributed by atoms with Crippen LogP contribution in [0.15, 0.2) is 22.8 Å². The van der Waals surface area contributed by atoms with Crippen LogP contribution in [0.3, 0.4) is 0 Å². The van der Waals surface area contributed by atoms with Gasteiger partial charge in [0.15, 0.2) is 0 Å². The summed E-state index contributed by atoms with van der Waals surface area (Å²) in [6.07, 6.45) is 0.650. The topological polar surface area (TPSA) is 60.4 Å². The maximum absolute atomic E-state index is 10.8. The van der Waals surface area contributed by atoms with Crippen LogP contribution >= 0.6 is 15.9 Å². The van der Waals surface area contributed by atoms with Gasteiger partial charge in [-0.25, -0.2) is 0 Å². The van der Waals surface area contributed by atoms with Crippen molar-refractivity contribution in [3.05, 3.63) is 38.7 Å². The molecule has 2 aromatic rings. The quantitative estimate of drug-likeness (QED) is 0.478. The van der Waals surface area contributed by atoms with E-state index in [0.717, 1.165) is 4.60 Å². The molecule has 0 amide bonds. The first-order valence-corrected chi connectivity index (χ1v) is 5.24. The van der Waals surface area contributed by atoms with Gasteiger partial charge in [0.1, 0.15) is 5.52 Å². The lowest BCUT2D eigenvalue weighted by Gasteiger charge is -1.97. The van der Waals surface area contributed by atoms with Gasteiger partial charge in [-0.15, -0.1) is 0 Å². The number of rotatable bonds is 2. The monoisotopic (exact) mass is 269 g/mol. The Balaban J connectivity index is 2.87. The molecule has 6 heteroatoms. The molecular formula is C9H8BrN3O2. The number of fused-ring (bicyclic) bond motifs is 1. The molecule has 2 rings (SSSR count). The number of pyridine rings is 1. The molecule has 0 bridgehead atoms. The summed E-state index contributed by atoms with van der Waals surface area (Å²) in [4.78, 5) is 14.3. The smallest absolute Gasteiger partial charge is 0.358 e. The van der Waals surface area contributed by atoms with Crippen molar-refractivity contribution in [3.8, 4) is 0 Å². The van der Waals surface area contributed by atoms with E-state index in [1.807, 2.05) is 13.0 Å². The minimum atomic E-state index is -0.457. The van der Waals surface area contributed by atoms with Crippen LogP contribution in [0, 0.1) is 10.1 Å². The van der Waals surface area contributed by atoms with Crippen LogP contribution in [0.25, 0.3) is 5.52 Å². The highest BCUT2D eigenvalue weighted by Crippen LogP contribution is 2.24. The van der Waals surface area contributed by atoms with Crippen LogP contribution in [0.4, 0.5) is 5.82 Å². The molecule has 0 N–H and O–H groups in total. The summed E-state index contributed by atoms with van der Waals surface area (Å²) in [7, 11) is 0. The number of aromatic nitrogens is 2. The van der Waals surface area contributed by atoms with E-state index >= 15 is 0 Å². The largest absolute Gasteiger partial charge is 0.389 e. The lowest BCUT2D eigenvalue weighted by Crippen LogP contribution is -1.93. The van der Waals surface area contributed by atoms with Gasteiger partial charge < -0.3 is 10.1 Å². The maximum Gasteiger partial charge on any atom is 0.389 e. The van der Waals surface area contributed by atoms with Gasteiger partial charge in [0.05, 0.1) is 4.60 Å². The van der Waals surface area contributed by atoms with Crippen molar-refractivity contribution >= 4 is 27.3 Å². The second-order valence-electron chi connectivity index (χ2n) is 3.03. The second kappa shape index (κ2) is 3.62. The Morgan fingerprint density at radius 2 is 2.33 bits per heavy atom. The van der Waals surface area contributed by atoms with Crippen molar-refractivity contribution in [2.24, 2.45) is 0 Å². The molecule has 0 aliphatic rings. The van der Waals surface area contributed by atoms with Crippen LogP contribution in [-0.2, 0) is 6.42 Å². The number of nitro groups is 1. The average Bonchev–Trinajstić information content (AvgIpc) is 2.58. The number of halogens is 1. The van der Waals surface area contributed by atoms with Crippen LogP contribution in [0.5, 0.6) is 0 Å². The van der Waals surface area contributed by atoms with Gasteiger partial charge in [0.25, 0.3) is 0 Å². The van der Waals surface area contributed by atoms with Crippen molar-refractivity contribution in [1.29, 1.82) is 0 Å². The lowest BCUT2D eigenvalue weighted by atomic mass is 10.4. The second-order valence-corrected chi connectivity index (χ2v) is 3.84. The highest BCUT2D eigenvalue weighted by molar-refractivity contribution is 9.10. The molecule has 2 aromatic heterocycles. The molecule has 0 radical (unpaired) electrons. The minimum Gasteiger partial charge on any atom is -0.358 e. The third-order valence-corrected chi connectivity index (χ3v) is 2.77. The molecule has 0 aliphatic heterocycles. The van der Waals surface area contributed by atoms with Gasteiger partial charge in [-0.3, -0.25) is 4.40 Å². The molecule has 0 aliphatic carbocycles. The van der Waals surface area contributed by atoms with E-state index in [1.54, 1.807) is 16.5 Å². The first kappa shape index (κ1) is 10.1. The zero-order valence-electron chi connectivity index (χ0n) is 7.98. The highest BCUT2D eigenvalue weighted by Gasteiger charge is 2.21. The zero-order valence-corrected chi connectivity index (χ0v) is 9.56. The molecule has 5 nitrogen and oxygen atoms in total. The fourth-order valence-electron chi connectivity index (χ4n) is 1.52. The third kappa shape index (κ3) is 1.50. The summed E-state index contributed by atoms with van der Waals surface area (Å²) in [5, 5.41) is 10.8. The Hall–Kier alpha value is -1.43. The van der Waals surface area contributed by atoms with Crippen LogP contribution in [0.1, 0.15) is 12.7 Å². The molecule has 15 heavy (non-hydrogen) atoms. The van der Waals surface area contributed by atoms with Crippen molar-refractivity contribution in [3.63, 3.8) is 0 Å². The molecule has 78 valence electrons. The van der Waals surface area contributed by atoms with Gasteiger partial charge in [0.2, 0.25) is 5.82 Å². The Morgan fingerprint density at radius 1 is 1.60 bits per heavy atom. The molecule has 0 fully saturated rings. The average molecular weight is 270 g/mol. The van der Waals surface area contributed by atoms with Crippen molar-refractivity contribution < 1.29 is 4.92 Å². The van der Waals surface area contributed by atoms with Gasteiger partial charge >= 0.3 is 5.82 Å². The fourth-order valence-corrected chi connectivity index (χ4v) is 2.07. The first-order chi connectivity index (χ1) is 7.15. The van der Waals surface area contributed by atoms with Gasteiger partial charge in [0, 0.05) is 6.42 Å². The number of aryl methyl sites for hydroxylation is 1. The fraction of sp³-hybridized carbons (Fsp3) is 0.222. The van der Waals surface area contributed by atoms with E-state index in [2.05, 4.69) is 20.9 Å². The van der Waals surface area contributed by atoms with Crippen molar-refractivity contribution in [2.45, 2.75) is 13.3 Å². The summed E-state index contributed by atoms with van der Waals surface area (Å²) in [6.45, 7) is 1.91. The van der Waals surface area contributed by atoms with Crippen LogP contribution in [0.2, 0.25) is 0 Å². The van der Waals surface area contributed by atoms with E-state index in [0.29, 0.717) is 17.8 Å². The predicted octanol–water partition coefficient (Wildman–Crippen LogP) is 2.57. The van der Waals surface area contributed by atoms with E-state index in [9.17, 15) is 10.1 Å². The lowest BCUT2D eigenvalue weighted by molar-refractivity contribution is -0.387. The molecule has 0 spiro atoms. The summed E-state index contributed by atoms with van der Waals surface area (Å²) in [6, 6.07) is 5.28. The normalized spacial score (nSPS) is 10.8. The molecule has 0 saturated heterocycles.